The van der Waals surface area contributed by atoms with Crippen LogP contribution in [0.15, 0.2) is 29.6 Å². The SMILES string of the molecule is CC(NC(=O)Nc1ccc(F)cc1)c1nc(C(=O)O)cs1. The molecule has 0 fully saturated rings. The number of carboxylic acids is 1. The van der Waals surface area contributed by atoms with Crippen molar-refractivity contribution in [2.24, 2.45) is 0 Å². The fraction of sp³-hybridized carbons (Fsp3) is 0.154. The smallest absolute Gasteiger partial charge is 0.355 e. The van der Waals surface area contributed by atoms with Gasteiger partial charge in [0.15, 0.2) is 5.69 Å². The number of nitrogens with one attached hydrogen (secondary N) is 2. The first-order valence-corrected chi connectivity index (χ1v) is 6.85. The van der Waals surface area contributed by atoms with Crippen molar-refractivity contribution in [3.8, 4) is 0 Å². The molecule has 2 rings (SSSR count). The van der Waals surface area contributed by atoms with Crippen molar-refractivity contribution in [2.75, 3.05) is 5.32 Å². The van der Waals surface area contributed by atoms with E-state index in [2.05, 4.69) is 15.6 Å². The van der Waals surface area contributed by atoms with E-state index in [1.807, 2.05) is 0 Å². The molecule has 1 aromatic heterocycles. The molecule has 2 aromatic rings. The van der Waals surface area contributed by atoms with Crippen LogP contribution in [-0.2, 0) is 0 Å². The average molecular weight is 309 g/mol. The van der Waals surface area contributed by atoms with E-state index in [1.54, 1.807) is 6.92 Å². The second-order valence-corrected chi connectivity index (χ2v) is 5.09. The van der Waals surface area contributed by atoms with Crippen LogP contribution in [-0.4, -0.2) is 22.1 Å². The second kappa shape index (κ2) is 6.31. The summed E-state index contributed by atoms with van der Waals surface area (Å²) in [5, 5.41) is 15.9. The number of carbonyl (C=O) groups is 2. The summed E-state index contributed by atoms with van der Waals surface area (Å²) in [6.45, 7) is 1.69. The molecule has 1 aromatic carbocycles. The Labute approximate surface area is 123 Å². The molecule has 2 amide bonds. The molecule has 0 spiro atoms. The van der Waals surface area contributed by atoms with Crippen LogP contribution in [0.3, 0.4) is 0 Å². The monoisotopic (exact) mass is 309 g/mol. The van der Waals surface area contributed by atoms with Crippen LogP contribution in [0.4, 0.5) is 14.9 Å². The van der Waals surface area contributed by atoms with Crippen molar-refractivity contribution in [1.82, 2.24) is 10.3 Å². The lowest BCUT2D eigenvalue weighted by Gasteiger charge is -2.12. The number of thiazole rings is 1. The average Bonchev–Trinajstić information content (AvgIpc) is 2.91. The Bertz CT molecular complexity index is 657. The molecule has 0 aliphatic heterocycles. The predicted octanol–water partition coefficient (Wildman–Crippen LogP) is 2.86. The van der Waals surface area contributed by atoms with E-state index >= 15 is 0 Å². The van der Waals surface area contributed by atoms with Crippen LogP contribution in [0.2, 0.25) is 0 Å². The third-order valence-corrected chi connectivity index (χ3v) is 3.59. The Morgan fingerprint density at radius 1 is 1.33 bits per heavy atom. The number of urea groups is 1. The van der Waals surface area contributed by atoms with E-state index in [4.69, 9.17) is 5.11 Å². The minimum absolute atomic E-state index is 0.0532. The van der Waals surface area contributed by atoms with Gasteiger partial charge in [0, 0.05) is 11.1 Å². The molecular weight excluding hydrogens is 297 g/mol. The summed E-state index contributed by atoms with van der Waals surface area (Å²) in [6, 6.07) is 4.42. The largest absolute Gasteiger partial charge is 0.476 e. The molecule has 0 saturated carbocycles. The van der Waals surface area contributed by atoms with Crippen molar-refractivity contribution >= 4 is 29.0 Å². The standard InChI is InChI=1S/C13H12FN3O3S/c1-7(11-17-10(6-21-11)12(18)19)15-13(20)16-9-4-2-8(14)3-5-9/h2-7H,1H3,(H,18,19)(H2,15,16,20). The number of halogens is 1. The lowest BCUT2D eigenvalue weighted by molar-refractivity contribution is 0.0691. The zero-order chi connectivity index (χ0) is 15.4. The summed E-state index contributed by atoms with van der Waals surface area (Å²) in [4.78, 5) is 26.4. The fourth-order valence-corrected chi connectivity index (χ4v) is 2.34. The molecule has 1 atom stereocenters. The third-order valence-electron chi connectivity index (χ3n) is 2.56. The number of carboxylic acid groups (broad SMARTS) is 1. The van der Waals surface area contributed by atoms with Crippen LogP contribution in [0, 0.1) is 5.82 Å². The molecule has 0 radical (unpaired) electrons. The number of aromatic carboxylic acids is 1. The maximum atomic E-state index is 12.7. The molecule has 21 heavy (non-hydrogen) atoms. The van der Waals surface area contributed by atoms with Gasteiger partial charge in [-0.15, -0.1) is 11.3 Å². The van der Waals surface area contributed by atoms with Gasteiger partial charge < -0.3 is 15.7 Å². The van der Waals surface area contributed by atoms with Gasteiger partial charge in [-0.1, -0.05) is 0 Å². The highest BCUT2D eigenvalue weighted by Gasteiger charge is 2.15. The van der Waals surface area contributed by atoms with Crippen molar-refractivity contribution in [3.63, 3.8) is 0 Å². The molecule has 0 aliphatic carbocycles. The zero-order valence-electron chi connectivity index (χ0n) is 11.0. The van der Waals surface area contributed by atoms with Crippen molar-refractivity contribution in [2.45, 2.75) is 13.0 Å². The highest BCUT2D eigenvalue weighted by Crippen LogP contribution is 2.18. The Hall–Kier alpha value is -2.48. The number of aromatic nitrogens is 1. The van der Waals surface area contributed by atoms with E-state index in [1.165, 1.54) is 29.6 Å². The minimum atomic E-state index is -1.11. The number of nitrogens with zero attached hydrogens (tertiary/aromatic N) is 1. The topological polar surface area (TPSA) is 91.3 Å². The van der Waals surface area contributed by atoms with E-state index in [0.29, 0.717) is 10.7 Å². The highest BCUT2D eigenvalue weighted by atomic mass is 32.1. The van der Waals surface area contributed by atoms with Gasteiger partial charge >= 0.3 is 12.0 Å². The number of anilines is 1. The van der Waals surface area contributed by atoms with Gasteiger partial charge in [0.25, 0.3) is 0 Å². The van der Waals surface area contributed by atoms with Gasteiger partial charge in [0.1, 0.15) is 10.8 Å². The molecule has 0 saturated heterocycles. The molecule has 1 heterocycles. The summed E-state index contributed by atoms with van der Waals surface area (Å²) in [7, 11) is 0. The fourth-order valence-electron chi connectivity index (χ4n) is 1.54. The summed E-state index contributed by atoms with van der Waals surface area (Å²) in [5.41, 5.74) is 0.397. The Morgan fingerprint density at radius 3 is 2.57 bits per heavy atom. The molecule has 1 unspecified atom stereocenters. The molecule has 8 heteroatoms. The van der Waals surface area contributed by atoms with Crippen LogP contribution >= 0.6 is 11.3 Å². The number of carbonyl (C=O) groups excluding carboxylic acids is 1. The maximum Gasteiger partial charge on any atom is 0.355 e. The molecular formula is C13H12FN3O3S. The molecule has 0 aliphatic rings. The second-order valence-electron chi connectivity index (χ2n) is 4.20. The third kappa shape index (κ3) is 3.99. The van der Waals surface area contributed by atoms with Gasteiger partial charge in [-0.2, -0.15) is 0 Å². The van der Waals surface area contributed by atoms with E-state index in [0.717, 1.165) is 11.3 Å². The van der Waals surface area contributed by atoms with E-state index in [9.17, 15) is 14.0 Å². The van der Waals surface area contributed by atoms with Crippen molar-refractivity contribution < 1.29 is 19.1 Å². The molecule has 3 N–H and O–H groups in total. The van der Waals surface area contributed by atoms with Gasteiger partial charge in [-0.25, -0.2) is 19.0 Å². The quantitative estimate of drug-likeness (QED) is 0.810. The molecule has 110 valence electrons. The Balaban J connectivity index is 1.95. The van der Waals surface area contributed by atoms with Crippen LogP contribution < -0.4 is 10.6 Å². The number of amides is 2. The summed E-state index contributed by atoms with van der Waals surface area (Å²) < 4.78 is 12.7. The maximum absolute atomic E-state index is 12.7. The predicted molar refractivity (Wildman–Crippen MR) is 76.0 cm³/mol. The van der Waals surface area contributed by atoms with Gasteiger partial charge in [0.2, 0.25) is 0 Å². The van der Waals surface area contributed by atoms with Gasteiger partial charge in [-0.3, -0.25) is 0 Å². The molecule has 6 nitrogen and oxygen atoms in total. The highest BCUT2D eigenvalue weighted by molar-refractivity contribution is 7.09. The van der Waals surface area contributed by atoms with Gasteiger partial charge in [0.05, 0.1) is 6.04 Å². The van der Waals surface area contributed by atoms with Crippen molar-refractivity contribution in [1.29, 1.82) is 0 Å². The van der Waals surface area contributed by atoms with Crippen LogP contribution in [0.5, 0.6) is 0 Å². The lowest BCUT2D eigenvalue weighted by Crippen LogP contribution is -2.31. The first-order chi connectivity index (χ1) is 9.95. The summed E-state index contributed by atoms with van der Waals surface area (Å²) in [6.07, 6.45) is 0. The Morgan fingerprint density at radius 2 is 2.00 bits per heavy atom. The zero-order valence-corrected chi connectivity index (χ0v) is 11.8. The summed E-state index contributed by atoms with van der Waals surface area (Å²) >= 11 is 1.15. The number of hydrogen-bond donors (Lipinski definition) is 3. The molecule has 0 bridgehead atoms. The van der Waals surface area contributed by atoms with Crippen molar-refractivity contribution in [3.05, 3.63) is 46.2 Å². The number of benzene rings is 1. The number of hydrogen-bond acceptors (Lipinski definition) is 4. The van der Waals surface area contributed by atoms with Crippen LogP contribution in [0.25, 0.3) is 0 Å². The first-order valence-electron chi connectivity index (χ1n) is 5.97. The normalized spacial score (nSPS) is 11.7. The van der Waals surface area contributed by atoms with Gasteiger partial charge in [-0.05, 0) is 31.2 Å². The van der Waals surface area contributed by atoms with E-state index in [-0.39, 0.29) is 5.69 Å². The Kier molecular flexibility index (Phi) is 4.49. The number of rotatable bonds is 4. The first kappa shape index (κ1) is 14.9. The lowest BCUT2D eigenvalue weighted by atomic mass is 10.3. The van der Waals surface area contributed by atoms with Crippen LogP contribution in [0.1, 0.15) is 28.5 Å². The summed E-state index contributed by atoms with van der Waals surface area (Å²) in [5.74, 6) is -1.50. The minimum Gasteiger partial charge on any atom is -0.476 e. The van der Waals surface area contributed by atoms with E-state index < -0.39 is 23.9 Å².